The van der Waals surface area contributed by atoms with Crippen LogP contribution in [0.1, 0.15) is 39.5 Å². The van der Waals surface area contributed by atoms with Crippen LogP contribution in [-0.2, 0) is 9.53 Å². The van der Waals surface area contributed by atoms with Crippen LogP contribution in [0, 0.1) is 11.3 Å². The maximum Gasteiger partial charge on any atom is 0.241 e. The molecule has 1 amide bonds. The van der Waals surface area contributed by atoms with E-state index in [0.717, 1.165) is 19.6 Å². The lowest BCUT2D eigenvalue weighted by Gasteiger charge is -2.60. The van der Waals surface area contributed by atoms with Gasteiger partial charge in [0.15, 0.2) is 0 Å². The molecule has 0 aromatic carbocycles. The van der Waals surface area contributed by atoms with Crippen molar-refractivity contribution < 1.29 is 9.53 Å². The van der Waals surface area contributed by atoms with E-state index in [1.54, 1.807) is 0 Å². The Labute approximate surface area is 125 Å². The van der Waals surface area contributed by atoms with Gasteiger partial charge >= 0.3 is 0 Å². The SMILES string of the molecule is CC1(C)C2OCCC2C1(N)C(=O)NCC1CCCCS1. The molecule has 1 aliphatic carbocycles. The highest BCUT2D eigenvalue weighted by Crippen LogP contribution is 2.58. The molecule has 4 unspecified atom stereocenters. The molecular formula is C15H26N2O2S. The highest BCUT2D eigenvalue weighted by molar-refractivity contribution is 7.99. The zero-order valence-electron chi connectivity index (χ0n) is 12.5. The van der Waals surface area contributed by atoms with Crippen LogP contribution in [0.5, 0.6) is 0 Å². The van der Waals surface area contributed by atoms with Crippen LogP contribution in [0.25, 0.3) is 0 Å². The van der Waals surface area contributed by atoms with Gasteiger partial charge in [0, 0.05) is 29.7 Å². The van der Waals surface area contributed by atoms with Gasteiger partial charge in [-0.3, -0.25) is 4.79 Å². The van der Waals surface area contributed by atoms with Gasteiger partial charge < -0.3 is 15.8 Å². The molecule has 0 aromatic rings. The molecule has 0 radical (unpaired) electrons. The number of nitrogens with one attached hydrogen (secondary N) is 1. The topological polar surface area (TPSA) is 64.3 Å². The lowest BCUT2D eigenvalue weighted by atomic mass is 9.48. The van der Waals surface area contributed by atoms with Crippen molar-refractivity contribution in [3.63, 3.8) is 0 Å². The Morgan fingerprint density at radius 1 is 1.40 bits per heavy atom. The molecule has 4 nitrogen and oxygen atoms in total. The second-order valence-corrected chi connectivity index (χ2v) is 8.38. The number of carbonyl (C=O) groups is 1. The minimum atomic E-state index is -0.756. The monoisotopic (exact) mass is 298 g/mol. The van der Waals surface area contributed by atoms with Gasteiger partial charge in [0.25, 0.3) is 0 Å². The summed E-state index contributed by atoms with van der Waals surface area (Å²) in [5.41, 5.74) is 5.50. The van der Waals surface area contributed by atoms with Crippen molar-refractivity contribution in [3.8, 4) is 0 Å². The van der Waals surface area contributed by atoms with Gasteiger partial charge in [-0.05, 0) is 25.0 Å². The highest BCUT2D eigenvalue weighted by atomic mass is 32.2. The Morgan fingerprint density at radius 3 is 2.90 bits per heavy atom. The first kappa shape index (κ1) is 14.7. The smallest absolute Gasteiger partial charge is 0.241 e. The molecule has 114 valence electrons. The summed E-state index contributed by atoms with van der Waals surface area (Å²) in [6.45, 7) is 5.63. The molecular weight excluding hydrogens is 272 g/mol. The fraction of sp³-hybridized carbons (Fsp3) is 0.933. The Bertz CT molecular complexity index is 395. The molecule has 5 heteroatoms. The molecule has 2 heterocycles. The zero-order valence-corrected chi connectivity index (χ0v) is 13.3. The van der Waals surface area contributed by atoms with Crippen molar-refractivity contribution in [3.05, 3.63) is 0 Å². The van der Waals surface area contributed by atoms with E-state index in [9.17, 15) is 4.79 Å². The summed E-state index contributed by atoms with van der Waals surface area (Å²) in [7, 11) is 0. The average Bonchev–Trinajstić information content (AvgIpc) is 2.93. The number of hydrogen-bond donors (Lipinski definition) is 2. The summed E-state index contributed by atoms with van der Waals surface area (Å²) in [6, 6.07) is 0. The first-order chi connectivity index (χ1) is 9.48. The van der Waals surface area contributed by atoms with Crippen molar-refractivity contribution in [1.82, 2.24) is 5.32 Å². The molecule has 20 heavy (non-hydrogen) atoms. The summed E-state index contributed by atoms with van der Waals surface area (Å²) in [6.07, 6.45) is 4.87. The largest absolute Gasteiger partial charge is 0.377 e. The first-order valence-corrected chi connectivity index (χ1v) is 8.83. The number of carbonyl (C=O) groups excluding carboxylic acids is 1. The van der Waals surface area contributed by atoms with Crippen molar-refractivity contribution in [1.29, 1.82) is 0 Å². The second kappa shape index (κ2) is 5.18. The van der Waals surface area contributed by atoms with Gasteiger partial charge in [-0.2, -0.15) is 11.8 Å². The maximum absolute atomic E-state index is 12.6. The lowest BCUT2D eigenvalue weighted by molar-refractivity contribution is -0.175. The zero-order chi connectivity index (χ0) is 14.4. The summed E-state index contributed by atoms with van der Waals surface area (Å²) in [5.74, 6) is 1.44. The molecule has 3 rings (SSSR count). The predicted molar refractivity (Wildman–Crippen MR) is 81.7 cm³/mol. The number of hydrogen-bond acceptors (Lipinski definition) is 4. The third-order valence-corrected chi connectivity index (χ3v) is 6.99. The number of rotatable bonds is 3. The van der Waals surface area contributed by atoms with Crippen molar-refractivity contribution in [2.45, 2.75) is 56.4 Å². The van der Waals surface area contributed by atoms with Gasteiger partial charge in [-0.25, -0.2) is 0 Å². The normalized spacial score (nSPS) is 42.6. The van der Waals surface area contributed by atoms with E-state index in [2.05, 4.69) is 19.2 Å². The van der Waals surface area contributed by atoms with E-state index in [4.69, 9.17) is 10.5 Å². The Morgan fingerprint density at radius 2 is 2.20 bits per heavy atom. The van der Waals surface area contributed by atoms with E-state index < -0.39 is 5.54 Å². The number of thioether (sulfide) groups is 1. The molecule has 1 saturated carbocycles. The molecule has 2 aliphatic heterocycles. The molecule has 3 N–H and O–H groups in total. The van der Waals surface area contributed by atoms with E-state index in [1.165, 1.54) is 25.0 Å². The fourth-order valence-electron chi connectivity index (χ4n) is 4.17. The van der Waals surface area contributed by atoms with Gasteiger partial charge in [-0.1, -0.05) is 20.3 Å². The summed E-state index contributed by atoms with van der Waals surface area (Å²) in [4.78, 5) is 12.6. The Kier molecular flexibility index (Phi) is 3.80. The Hall–Kier alpha value is -0.260. The van der Waals surface area contributed by atoms with Crippen LogP contribution < -0.4 is 11.1 Å². The molecule has 0 aromatic heterocycles. The quantitative estimate of drug-likeness (QED) is 0.829. The van der Waals surface area contributed by atoms with E-state index in [0.29, 0.717) is 5.25 Å². The standard InChI is InChI=1S/C15H26N2O2S/c1-14(2)12-11(6-7-19-12)15(14,16)13(18)17-9-10-5-3-4-8-20-10/h10-12H,3-9,16H2,1-2H3,(H,17,18). The number of nitrogens with two attached hydrogens (primary N) is 1. The summed E-state index contributed by atoms with van der Waals surface area (Å²) >= 11 is 1.98. The number of ether oxygens (including phenoxy) is 1. The van der Waals surface area contributed by atoms with Gasteiger partial charge in [0.1, 0.15) is 5.54 Å². The molecule has 2 saturated heterocycles. The van der Waals surface area contributed by atoms with Gasteiger partial charge in [0.05, 0.1) is 6.10 Å². The van der Waals surface area contributed by atoms with Crippen molar-refractivity contribution in [2.75, 3.05) is 18.9 Å². The highest BCUT2D eigenvalue weighted by Gasteiger charge is 2.71. The van der Waals surface area contributed by atoms with Gasteiger partial charge in [-0.15, -0.1) is 0 Å². The van der Waals surface area contributed by atoms with Crippen LogP contribution in [0.2, 0.25) is 0 Å². The van der Waals surface area contributed by atoms with Crippen molar-refractivity contribution in [2.24, 2.45) is 17.1 Å². The minimum Gasteiger partial charge on any atom is -0.377 e. The fourth-order valence-corrected chi connectivity index (χ4v) is 5.41. The second-order valence-electron chi connectivity index (χ2n) is 6.98. The third kappa shape index (κ3) is 2.01. The van der Waals surface area contributed by atoms with Crippen molar-refractivity contribution >= 4 is 17.7 Å². The molecule has 4 atom stereocenters. The molecule has 3 fully saturated rings. The minimum absolute atomic E-state index is 0.0282. The van der Waals surface area contributed by atoms with E-state index in [1.807, 2.05) is 11.8 Å². The number of fused-ring (bicyclic) bond motifs is 1. The first-order valence-electron chi connectivity index (χ1n) is 7.78. The van der Waals surface area contributed by atoms with E-state index in [-0.39, 0.29) is 23.3 Å². The lowest BCUT2D eigenvalue weighted by Crippen LogP contribution is -2.80. The van der Waals surface area contributed by atoms with Crippen LogP contribution in [0.15, 0.2) is 0 Å². The van der Waals surface area contributed by atoms with Crippen LogP contribution in [0.4, 0.5) is 0 Å². The van der Waals surface area contributed by atoms with Crippen LogP contribution in [0.3, 0.4) is 0 Å². The summed E-state index contributed by atoms with van der Waals surface area (Å²) in [5, 5.41) is 3.69. The van der Waals surface area contributed by atoms with E-state index >= 15 is 0 Å². The molecule has 3 aliphatic rings. The number of amides is 1. The Balaban J connectivity index is 1.61. The summed E-state index contributed by atoms with van der Waals surface area (Å²) < 4.78 is 5.74. The maximum atomic E-state index is 12.6. The average molecular weight is 298 g/mol. The molecule has 0 spiro atoms. The molecule has 0 bridgehead atoms. The van der Waals surface area contributed by atoms with Gasteiger partial charge in [0.2, 0.25) is 5.91 Å². The predicted octanol–water partition coefficient (Wildman–Crippen LogP) is 1.53. The third-order valence-electron chi connectivity index (χ3n) is 5.59. The van der Waals surface area contributed by atoms with Crippen LogP contribution in [-0.4, -0.2) is 41.7 Å². The van der Waals surface area contributed by atoms with Crippen LogP contribution >= 0.6 is 11.8 Å².